The highest BCUT2D eigenvalue weighted by Gasteiger charge is 2.20. The normalized spacial score (nSPS) is 11.5. The molecule has 4 heterocycles. The molecule has 16 aromatic carbocycles. The summed E-state index contributed by atoms with van der Waals surface area (Å²) in [5.41, 5.74) is 18.3. The Hall–Kier alpha value is -13.8. The van der Waals surface area contributed by atoms with Crippen molar-refractivity contribution < 1.29 is 8.83 Å². The van der Waals surface area contributed by atoms with Crippen LogP contribution in [0.1, 0.15) is 0 Å². The summed E-state index contributed by atoms with van der Waals surface area (Å²) in [6, 6.07) is 122. The third-order valence-electron chi connectivity index (χ3n) is 19.4. The summed E-state index contributed by atoms with van der Waals surface area (Å²) < 4.78 is 12.7. The quantitative estimate of drug-likeness (QED) is 0.133. The molecular formula is C94H58N6O2. The van der Waals surface area contributed by atoms with Gasteiger partial charge in [-0.3, -0.25) is 0 Å². The molecule has 476 valence electrons. The van der Waals surface area contributed by atoms with E-state index in [2.05, 4.69) is 279 Å². The molecule has 0 atom stereocenters. The third-order valence-corrected chi connectivity index (χ3v) is 19.4. The fourth-order valence-electron chi connectivity index (χ4n) is 14.3. The van der Waals surface area contributed by atoms with E-state index in [0.29, 0.717) is 34.9 Å². The molecule has 0 spiro atoms. The molecule has 0 aliphatic carbocycles. The van der Waals surface area contributed by atoms with Gasteiger partial charge in [0.15, 0.2) is 34.9 Å². The maximum Gasteiger partial charge on any atom is 0.164 e. The molecule has 0 saturated heterocycles. The van der Waals surface area contributed by atoms with Gasteiger partial charge in [-0.15, -0.1) is 0 Å². The number of aromatic nitrogens is 6. The van der Waals surface area contributed by atoms with Crippen molar-refractivity contribution in [3.05, 3.63) is 352 Å². The lowest BCUT2D eigenvalue weighted by Crippen LogP contribution is -2.00. The fourth-order valence-corrected chi connectivity index (χ4v) is 14.3. The minimum atomic E-state index is 0.627. The predicted molar refractivity (Wildman–Crippen MR) is 419 cm³/mol. The number of hydrogen-bond acceptors (Lipinski definition) is 8. The first-order chi connectivity index (χ1) is 50.5. The Morgan fingerprint density at radius 1 is 0.157 bits per heavy atom. The Bertz CT molecular complexity index is 6580. The summed E-state index contributed by atoms with van der Waals surface area (Å²) >= 11 is 0. The Morgan fingerprint density at radius 2 is 0.451 bits per heavy atom. The molecule has 0 unspecified atom stereocenters. The van der Waals surface area contributed by atoms with Crippen LogP contribution in [0.5, 0.6) is 0 Å². The number of hydrogen-bond donors (Lipinski definition) is 0. The molecule has 0 saturated carbocycles. The molecule has 4 aromatic heterocycles. The Labute approximate surface area is 586 Å². The number of fused-ring (bicyclic) bond motifs is 10. The summed E-state index contributed by atoms with van der Waals surface area (Å²) in [7, 11) is 0. The van der Waals surface area contributed by atoms with E-state index in [1.165, 1.54) is 54.2 Å². The van der Waals surface area contributed by atoms with Gasteiger partial charge in [-0.05, 0) is 130 Å². The lowest BCUT2D eigenvalue weighted by atomic mass is 9.97. The van der Waals surface area contributed by atoms with E-state index in [4.69, 9.17) is 38.7 Å². The molecule has 0 fully saturated rings. The molecule has 8 nitrogen and oxygen atoms in total. The molecule has 8 heteroatoms. The van der Waals surface area contributed by atoms with Crippen molar-refractivity contribution in [1.82, 2.24) is 29.9 Å². The van der Waals surface area contributed by atoms with E-state index in [1.54, 1.807) is 0 Å². The Morgan fingerprint density at radius 3 is 0.882 bits per heavy atom. The molecule has 0 amide bonds. The first kappa shape index (κ1) is 59.4. The second kappa shape index (κ2) is 25.2. The van der Waals surface area contributed by atoms with Gasteiger partial charge in [0.2, 0.25) is 0 Å². The fraction of sp³-hybridized carbons (Fsp3) is 0. The smallest absolute Gasteiger partial charge is 0.164 e. The van der Waals surface area contributed by atoms with Gasteiger partial charge in [-0.25, -0.2) is 29.9 Å². The van der Waals surface area contributed by atoms with E-state index in [-0.39, 0.29) is 0 Å². The maximum absolute atomic E-state index is 6.35. The topological polar surface area (TPSA) is 104 Å². The highest BCUT2D eigenvalue weighted by atomic mass is 16.3. The highest BCUT2D eigenvalue weighted by molar-refractivity contribution is 6.17. The van der Waals surface area contributed by atoms with Gasteiger partial charge in [0, 0.05) is 54.9 Å². The Balaban J connectivity index is 0.000000141. The first-order valence-electron chi connectivity index (χ1n) is 34.2. The minimum absolute atomic E-state index is 0.627. The van der Waals surface area contributed by atoms with Gasteiger partial charge in [0.05, 0.1) is 0 Å². The van der Waals surface area contributed by atoms with Crippen LogP contribution < -0.4 is 0 Å². The van der Waals surface area contributed by atoms with Crippen LogP contribution in [0.3, 0.4) is 0 Å². The SMILES string of the molecule is c1ccc(-c2nc(-c3ccc(-c4ccc5ccccc5c4)cc3)nc(-c3ccc(-c4cccc5oc6cc7ccccc7cc6c45)cc3)n2)cc1.c1ccc(-c2nc(-c3ccc(-c4cccc5ccccc45)cc3)nc(-c3ccc(-c4cccc5oc6cc7ccccc7cc6c45)cc3)n2)cc1. The van der Waals surface area contributed by atoms with Crippen molar-refractivity contribution in [1.29, 1.82) is 0 Å². The zero-order valence-corrected chi connectivity index (χ0v) is 55.0. The summed E-state index contributed by atoms with van der Waals surface area (Å²) in [5, 5.41) is 14.1. The molecular weight excluding hydrogens is 1250 g/mol. The van der Waals surface area contributed by atoms with E-state index < -0.39 is 0 Å². The summed E-state index contributed by atoms with van der Waals surface area (Å²) in [4.78, 5) is 29.9. The summed E-state index contributed by atoms with van der Waals surface area (Å²) in [6.07, 6.45) is 0. The zero-order valence-electron chi connectivity index (χ0n) is 55.0. The second-order valence-corrected chi connectivity index (χ2v) is 25.7. The second-order valence-electron chi connectivity index (χ2n) is 25.7. The van der Waals surface area contributed by atoms with Gasteiger partial charge in [0.1, 0.15) is 22.3 Å². The molecule has 20 aromatic rings. The number of furan rings is 2. The lowest BCUT2D eigenvalue weighted by molar-refractivity contribution is 0.669. The van der Waals surface area contributed by atoms with Crippen LogP contribution in [0.4, 0.5) is 0 Å². The van der Waals surface area contributed by atoms with Crippen molar-refractivity contribution >= 4 is 87.0 Å². The van der Waals surface area contributed by atoms with Crippen molar-refractivity contribution in [2.75, 3.05) is 0 Å². The minimum Gasteiger partial charge on any atom is -0.456 e. The van der Waals surface area contributed by atoms with Crippen molar-refractivity contribution in [2.45, 2.75) is 0 Å². The zero-order chi connectivity index (χ0) is 67.5. The first-order valence-corrected chi connectivity index (χ1v) is 34.2. The van der Waals surface area contributed by atoms with Gasteiger partial charge >= 0.3 is 0 Å². The predicted octanol–water partition coefficient (Wildman–Crippen LogP) is 24.8. The van der Waals surface area contributed by atoms with E-state index in [1.807, 2.05) is 72.8 Å². The van der Waals surface area contributed by atoms with Crippen molar-refractivity contribution in [3.63, 3.8) is 0 Å². The molecule has 0 aliphatic heterocycles. The van der Waals surface area contributed by atoms with Gasteiger partial charge < -0.3 is 8.83 Å². The number of rotatable bonds is 10. The van der Waals surface area contributed by atoms with Crippen LogP contribution in [0, 0.1) is 0 Å². The van der Waals surface area contributed by atoms with E-state index >= 15 is 0 Å². The van der Waals surface area contributed by atoms with Gasteiger partial charge in [0.25, 0.3) is 0 Å². The molecule has 0 aliphatic rings. The van der Waals surface area contributed by atoms with Crippen LogP contribution in [-0.4, -0.2) is 29.9 Å². The van der Waals surface area contributed by atoms with E-state index in [9.17, 15) is 0 Å². The van der Waals surface area contributed by atoms with Gasteiger partial charge in [-0.1, -0.05) is 309 Å². The lowest BCUT2D eigenvalue weighted by Gasteiger charge is -2.11. The number of nitrogens with zero attached hydrogens (tertiary/aromatic N) is 6. The van der Waals surface area contributed by atoms with Crippen LogP contribution in [0.25, 0.3) is 200 Å². The monoisotopic (exact) mass is 1300 g/mol. The standard InChI is InChI=1S/2C47H29N3O/c1-2-11-33(12-3-1)45-48-46(34-24-20-31(21-25-34)39-17-8-15-30-10-6-7-16-38(30)39)50-47(49-45)35-26-22-32(23-27-35)40-18-9-19-42-44(40)41-28-36-13-4-5-14-37(36)29-43(41)51-42;1-2-10-33(11-3-1)45-48-46(34-22-17-31(18-23-34)39-26-19-30-9-4-5-12-36(30)27-39)50-47(49-45)35-24-20-32(21-25-35)40-15-8-16-42-44(40)41-28-37-13-6-7-14-38(37)29-43(41)51-42/h2*1-29H. The molecule has 20 rings (SSSR count). The van der Waals surface area contributed by atoms with E-state index in [0.717, 1.165) is 111 Å². The molecule has 102 heavy (non-hydrogen) atoms. The highest BCUT2D eigenvalue weighted by Crippen LogP contribution is 2.42. The third kappa shape index (κ3) is 11.1. The maximum atomic E-state index is 6.35. The summed E-state index contributed by atoms with van der Waals surface area (Å²) in [6.45, 7) is 0. The average Bonchev–Trinajstić information content (AvgIpc) is 1.58. The summed E-state index contributed by atoms with van der Waals surface area (Å²) in [5.74, 6) is 3.80. The molecule has 0 radical (unpaired) electrons. The van der Waals surface area contributed by atoms with Crippen LogP contribution >= 0.6 is 0 Å². The number of benzene rings is 16. The van der Waals surface area contributed by atoms with Crippen LogP contribution in [0.2, 0.25) is 0 Å². The van der Waals surface area contributed by atoms with Crippen molar-refractivity contribution in [3.8, 4) is 113 Å². The van der Waals surface area contributed by atoms with Crippen LogP contribution in [0.15, 0.2) is 361 Å². The van der Waals surface area contributed by atoms with Crippen molar-refractivity contribution in [2.24, 2.45) is 0 Å². The largest absolute Gasteiger partial charge is 0.456 e. The van der Waals surface area contributed by atoms with Crippen LogP contribution in [-0.2, 0) is 0 Å². The Kier molecular flexibility index (Phi) is 14.7. The average molecular weight is 1300 g/mol. The molecule has 0 N–H and O–H groups in total. The molecule has 0 bridgehead atoms. The van der Waals surface area contributed by atoms with Gasteiger partial charge in [-0.2, -0.15) is 0 Å².